The lowest BCUT2D eigenvalue weighted by atomic mass is 9.89. The first kappa shape index (κ1) is 18.5. The van der Waals surface area contributed by atoms with Gasteiger partial charge in [0.15, 0.2) is 0 Å². The minimum absolute atomic E-state index is 0.157. The molecule has 0 aliphatic heterocycles. The van der Waals surface area contributed by atoms with E-state index in [0.29, 0.717) is 12.1 Å². The van der Waals surface area contributed by atoms with Crippen LogP contribution in [0.4, 0.5) is 4.39 Å². The van der Waals surface area contributed by atoms with Crippen molar-refractivity contribution in [2.45, 2.75) is 39.7 Å². The second-order valence-electron chi connectivity index (χ2n) is 7.80. The van der Waals surface area contributed by atoms with Crippen molar-refractivity contribution in [3.8, 4) is 5.69 Å². The van der Waals surface area contributed by atoms with Crippen molar-refractivity contribution in [2.24, 2.45) is 5.92 Å². The number of nitrogens with zero attached hydrogens (tertiary/aromatic N) is 1. The van der Waals surface area contributed by atoms with E-state index in [1.54, 1.807) is 12.1 Å². The molecule has 4 rings (SSSR count). The second-order valence-corrected chi connectivity index (χ2v) is 7.80. The van der Waals surface area contributed by atoms with Gasteiger partial charge in [-0.3, -0.25) is 4.79 Å². The van der Waals surface area contributed by atoms with E-state index in [-0.39, 0.29) is 11.7 Å². The summed E-state index contributed by atoms with van der Waals surface area (Å²) < 4.78 is 15.6. The maximum Gasteiger partial charge on any atom is 0.251 e. The Morgan fingerprint density at radius 1 is 1.18 bits per heavy atom. The molecule has 0 saturated carbocycles. The molecule has 0 spiro atoms. The molecule has 0 radical (unpaired) electrons. The molecule has 0 bridgehead atoms. The van der Waals surface area contributed by atoms with E-state index < -0.39 is 0 Å². The Morgan fingerprint density at radius 2 is 1.96 bits per heavy atom. The smallest absolute Gasteiger partial charge is 0.251 e. The molecule has 3 nitrogen and oxygen atoms in total. The first-order chi connectivity index (χ1) is 13.5. The zero-order valence-electron chi connectivity index (χ0n) is 16.3. The average Bonchev–Trinajstić information content (AvgIpc) is 3.01. The van der Waals surface area contributed by atoms with Crippen molar-refractivity contribution in [1.82, 2.24) is 9.88 Å². The minimum atomic E-state index is -0.295. The summed E-state index contributed by atoms with van der Waals surface area (Å²) in [5.41, 5.74) is 6.53. The third-order valence-corrected chi connectivity index (χ3v) is 5.55. The van der Waals surface area contributed by atoms with E-state index in [1.165, 1.54) is 35.5 Å². The summed E-state index contributed by atoms with van der Waals surface area (Å²) in [6.45, 7) is 4.76. The molecule has 2 aromatic carbocycles. The summed E-state index contributed by atoms with van der Waals surface area (Å²) in [5, 5.41) is 2.85. The zero-order chi connectivity index (χ0) is 19.7. The van der Waals surface area contributed by atoms with Crippen LogP contribution in [0, 0.1) is 18.7 Å². The molecule has 1 atom stereocenters. The van der Waals surface area contributed by atoms with Crippen molar-refractivity contribution in [1.29, 1.82) is 0 Å². The lowest BCUT2D eigenvalue weighted by Gasteiger charge is -2.21. The van der Waals surface area contributed by atoms with Crippen LogP contribution in [0.1, 0.15) is 46.2 Å². The van der Waals surface area contributed by atoms with E-state index in [1.807, 2.05) is 24.3 Å². The molecule has 144 valence electrons. The van der Waals surface area contributed by atoms with Gasteiger partial charge in [-0.25, -0.2) is 4.39 Å². The zero-order valence-corrected chi connectivity index (χ0v) is 16.3. The van der Waals surface area contributed by atoms with Crippen molar-refractivity contribution in [3.63, 3.8) is 0 Å². The van der Waals surface area contributed by atoms with Crippen molar-refractivity contribution < 1.29 is 9.18 Å². The summed E-state index contributed by atoms with van der Waals surface area (Å²) in [4.78, 5) is 12.4. The molecule has 1 unspecified atom stereocenters. The molecule has 1 N–H and O–H groups in total. The van der Waals surface area contributed by atoms with Crippen LogP contribution in [-0.2, 0) is 19.4 Å². The second kappa shape index (κ2) is 7.63. The topological polar surface area (TPSA) is 34.0 Å². The maximum absolute atomic E-state index is 13.3. The number of aryl methyl sites for hydroxylation is 1. The van der Waals surface area contributed by atoms with Gasteiger partial charge in [-0.15, -0.1) is 0 Å². The number of aromatic nitrogens is 1. The van der Waals surface area contributed by atoms with Crippen LogP contribution in [0.2, 0.25) is 0 Å². The van der Waals surface area contributed by atoms with Gasteiger partial charge < -0.3 is 9.88 Å². The Kier molecular flexibility index (Phi) is 5.03. The fraction of sp³-hybridized carbons (Fsp3) is 0.292. The van der Waals surface area contributed by atoms with Gasteiger partial charge in [0, 0.05) is 29.2 Å². The van der Waals surface area contributed by atoms with Crippen molar-refractivity contribution >= 4 is 5.91 Å². The van der Waals surface area contributed by atoms with E-state index in [0.717, 1.165) is 30.0 Å². The van der Waals surface area contributed by atoms with Crippen LogP contribution >= 0.6 is 0 Å². The molecule has 28 heavy (non-hydrogen) atoms. The van der Waals surface area contributed by atoms with E-state index in [9.17, 15) is 9.18 Å². The summed E-state index contributed by atoms with van der Waals surface area (Å²) in [5.74, 6) is 0.290. The van der Waals surface area contributed by atoms with Gasteiger partial charge in [-0.2, -0.15) is 0 Å². The molecule has 1 aromatic heterocycles. The Morgan fingerprint density at radius 3 is 2.71 bits per heavy atom. The third kappa shape index (κ3) is 3.72. The normalized spacial score (nSPS) is 15.9. The van der Waals surface area contributed by atoms with Crippen LogP contribution in [-0.4, -0.2) is 10.5 Å². The number of hydrogen-bond acceptors (Lipinski definition) is 1. The third-order valence-electron chi connectivity index (χ3n) is 5.55. The highest BCUT2D eigenvalue weighted by Crippen LogP contribution is 2.30. The van der Waals surface area contributed by atoms with Gasteiger partial charge >= 0.3 is 0 Å². The molecule has 0 saturated heterocycles. The van der Waals surface area contributed by atoms with Crippen LogP contribution in [0.3, 0.4) is 0 Å². The average molecular weight is 376 g/mol. The van der Waals surface area contributed by atoms with Gasteiger partial charge in [-0.1, -0.05) is 19.1 Å². The summed E-state index contributed by atoms with van der Waals surface area (Å²) in [6.07, 6.45) is 3.46. The highest BCUT2D eigenvalue weighted by Gasteiger charge is 2.21. The Balaban J connectivity index is 1.49. The van der Waals surface area contributed by atoms with Crippen LogP contribution in [0.15, 0.2) is 54.6 Å². The largest absolute Gasteiger partial charge is 0.348 e. The van der Waals surface area contributed by atoms with E-state index in [2.05, 4.69) is 29.8 Å². The number of nitrogens with one attached hydrogen (secondary N) is 1. The van der Waals surface area contributed by atoms with Crippen LogP contribution < -0.4 is 5.32 Å². The van der Waals surface area contributed by atoms with Gasteiger partial charge in [0.2, 0.25) is 0 Å². The Labute approximate surface area is 165 Å². The number of amides is 1. The van der Waals surface area contributed by atoms with Crippen molar-refractivity contribution in [2.75, 3.05) is 0 Å². The molecule has 1 heterocycles. The minimum Gasteiger partial charge on any atom is -0.348 e. The van der Waals surface area contributed by atoms with Crippen LogP contribution in [0.5, 0.6) is 0 Å². The standard InChI is InChI=1S/C24H25FN2O/c1-16-6-11-23-20(12-16)13-17(2)27(23)22-9-7-19(8-10-22)24(28)26-15-18-4-3-5-21(25)14-18/h3-5,7-10,13-14,16H,6,11-12,15H2,1-2H3,(H,26,28). The molecular formula is C24H25FN2O. The fourth-order valence-electron chi connectivity index (χ4n) is 4.12. The number of carbonyl (C=O) groups is 1. The number of carbonyl (C=O) groups excluding carboxylic acids is 1. The number of halogens is 1. The van der Waals surface area contributed by atoms with E-state index in [4.69, 9.17) is 0 Å². The monoisotopic (exact) mass is 376 g/mol. The molecule has 1 amide bonds. The lowest BCUT2D eigenvalue weighted by Crippen LogP contribution is -2.22. The first-order valence-electron chi connectivity index (χ1n) is 9.84. The summed E-state index contributed by atoms with van der Waals surface area (Å²) in [7, 11) is 0. The molecular weight excluding hydrogens is 351 g/mol. The molecule has 4 heteroatoms. The quantitative estimate of drug-likeness (QED) is 0.685. The molecule has 3 aromatic rings. The van der Waals surface area contributed by atoms with Crippen LogP contribution in [0.25, 0.3) is 5.69 Å². The van der Waals surface area contributed by atoms with Gasteiger partial charge in [0.05, 0.1) is 0 Å². The molecule has 1 aliphatic carbocycles. The predicted molar refractivity (Wildman–Crippen MR) is 109 cm³/mol. The van der Waals surface area contributed by atoms with Gasteiger partial charge in [0.1, 0.15) is 5.82 Å². The summed E-state index contributed by atoms with van der Waals surface area (Å²) in [6, 6.07) is 16.3. The molecule has 0 fully saturated rings. The van der Waals surface area contributed by atoms with Crippen molar-refractivity contribution in [3.05, 3.63) is 88.5 Å². The SMILES string of the molecule is Cc1cc2c(n1-c1ccc(C(=O)NCc3cccc(F)c3)cc1)CCC(C)C2. The predicted octanol–water partition coefficient (Wildman–Crippen LogP) is 4.98. The van der Waals surface area contributed by atoms with Gasteiger partial charge in [-0.05, 0) is 85.7 Å². The van der Waals surface area contributed by atoms with Gasteiger partial charge in [0.25, 0.3) is 5.91 Å². The maximum atomic E-state index is 13.3. The fourth-order valence-corrected chi connectivity index (χ4v) is 4.12. The Bertz CT molecular complexity index is 1000. The lowest BCUT2D eigenvalue weighted by molar-refractivity contribution is 0.0951. The first-order valence-corrected chi connectivity index (χ1v) is 9.84. The number of rotatable bonds is 4. The number of hydrogen-bond donors (Lipinski definition) is 1. The summed E-state index contributed by atoms with van der Waals surface area (Å²) >= 11 is 0. The molecule has 1 aliphatic rings. The number of fused-ring (bicyclic) bond motifs is 1. The van der Waals surface area contributed by atoms with E-state index >= 15 is 0 Å². The Hall–Kier alpha value is -2.88. The number of benzene rings is 2. The highest BCUT2D eigenvalue weighted by molar-refractivity contribution is 5.94. The highest BCUT2D eigenvalue weighted by atomic mass is 19.1.